The van der Waals surface area contributed by atoms with Crippen LogP contribution in [0.25, 0.3) is 16.8 Å². The number of allylic oxidation sites excluding steroid dienone is 1. The van der Waals surface area contributed by atoms with Gasteiger partial charge in [-0.3, -0.25) is 14.2 Å². The first kappa shape index (κ1) is 30.8. The molecule has 0 bridgehead atoms. The fourth-order valence-electron chi connectivity index (χ4n) is 5.91. The Morgan fingerprint density at radius 2 is 1.73 bits per heavy atom. The van der Waals surface area contributed by atoms with Gasteiger partial charge in [0.25, 0.3) is 11.5 Å². The molecule has 48 heavy (non-hydrogen) atoms. The molecule has 6 aromatic rings. The monoisotopic (exact) mass is 655 g/mol. The molecular formula is C39H30FN3O4S. The Kier molecular flexibility index (Phi) is 8.44. The molecule has 1 aromatic heterocycles. The van der Waals surface area contributed by atoms with E-state index in [0.29, 0.717) is 54.5 Å². The zero-order valence-corrected chi connectivity index (χ0v) is 27.0. The zero-order valence-electron chi connectivity index (χ0n) is 26.1. The lowest BCUT2D eigenvalue weighted by Gasteiger charge is -2.25. The second-order valence-electron chi connectivity index (χ2n) is 11.3. The van der Waals surface area contributed by atoms with Crippen LogP contribution in [-0.4, -0.2) is 17.6 Å². The smallest absolute Gasteiger partial charge is 0.271 e. The summed E-state index contributed by atoms with van der Waals surface area (Å²) < 4.78 is 28.1. The number of halogens is 1. The van der Waals surface area contributed by atoms with E-state index in [1.165, 1.54) is 17.4 Å². The number of anilines is 1. The number of rotatable bonds is 8. The summed E-state index contributed by atoms with van der Waals surface area (Å²) in [5.74, 6) is 0.390. The number of carbonyl (C=O) groups excluding carboxylic acids is 1. The maximum absolute atomic E-state index is 14.5. The highest BCUT2D eigenvalue weighted by Gasteiger charge is 2.33. The van der Waals surface area contributed by atoms with E-state index in [4.69, 9.17) is 14.5 Å². The third-order valence-electron chi connectivity index (χ3n) is 8.25. The first-order chi connectivity index (χ1) is 23.4. The highest BCUT2D eigenvalue weighted by molar-refractivity contribution is 7.07. The van der Waals surface area contributed by atoms with Crippen LogP contribution in [0, 0.1) is 5.82 Å². The highest BCUT2D eigenvalue weighted by atomic mass is 32.1. The van der Waals surface area contributed by atoms with Crippen molar-refractivity contribution < 1.29 is 18.7 Å². The first-order valence-electron chi connectivity index (χ1n) is 15.3. The molecule has 1 atom stereocenters. The number of hydrogen-bond donors (Lipinski definition) is 1. The van der Waals surface area contributed by atoms with Crippen molar-refractivity contribution in [3.63, 3.8) is 0 Å². The molecule has 1 aliphatic heterocycles. The summed E-state index contributed by atoms with van der Waals surface area (Å²) in [7, 11) is 1.57. The van der Waals surface area contributed by atoms with Gasteiger partial charge in [-0.05, 0) is 65.7 Å². The van der Waals surface area contributed by atoms with E-state index >= 15 is 0 Å². The molecule has 7 rings (SSSR count). The van der Waals surface area contributed by atoms with Crippen molar-refractivity contribution in [1.82, 2.24) is 4.57 Å². The van der Waals surface area contributed by atoms with Gasteiger partial charge >= 0.3 is 0 Å². The summed E-state index contributed by atoms with van der Waals surface area (Å²) in [5, 5.41) is 4.81. The van der Waals surface area contributed by atoms with Crippen LogP contribution in [0.5, 0.6) is 11.5 Å². The summed E-state index contributed by atoms with van der Waals surface area (Å²) in [4.78, 5) is 33.6. The Hall–Kier alpha value is -5.80. The number of nitrogens with zero attached hydrogens (tertiary/aromatic N) is 2. The Morgan fingerprint density at radius 3 is 2.54 bits per heavy atom. The van der Waals surface area contributed by atoms with Crippen molar-refractivity contribution in [1.29, 1.82) is 0 Å². The van der Waals surface area contributed by atoms with Crippen LogP contribution in [0.2, 0.25) is 0 Å². The Bertz CT molecular complexity index is 2400. The van der Waals surface area contributed by atoms with E-state index in [-0.39, 0.29) is 23.9 Å². The lowest BCUT2D eigenvalue weighted by Crippen LogP contribution is -2.40. The summed E-state index contributed by atoms with van der Waals surface area (Å²) in [6.07, 6.45) is 1.80. The molecule has 0 saturated heterocycles. The summed E-state index contributed by atoms with van der Waals surface area (Å²) >= 11 is 1.24. The van der Waals surface area contributed by atoms with Gasteiger partial charge in [-0.15, -0.1) is 0 Å². The van der Waals surface area contributed by atoms with Crippen LogP contribution in [0.15, 0.2) is 136 Å². The Morgan fingerprint density at radius 1 is 0.958 bits per heavy atom. The van der Waals surface area contributed by atoms with Crippen LogP contribution in [0.4, 0.5) is 10.1 Å². The number of aromatic nitrogens is 1. The number of carbonyl (C=O) groups is 1. The van der Waals surface area contributed by atoms with Gasteiger partial charge in [0.05, 0.1) is 29.0 Å². The molecule has 7 nitrogen and oxygen atoms in total. The van der Waals surface area contributed by atoms with Crippen LogP contribution in [-0.2, 0) is 11.4 Å². The average Bonchev–Trinajstić information content (AvgIpc) is 3.41. The van der Waals surface area contributed by atoms with Gasteiger partial charge in [-0.2, -0.15) is 0 Å². The number of thiazole rings is 1. The van der Waals surface area contributed by atoms with Gasteiger partial charge in [0, 0.05) is 16.8 Å². The Balaban J connectivity index is 1.38. The number of para-hydroxylation sites is 1. The lowest BCUT2D eigenvalue weighted by molar-refractivity contribution is -0.113. The average molecular weight is 656 g/mol. The molecule has 1 amide bonds. The van der Waals surface area contributed by atoms with E-state index in [2.05, 4.69) is 5.32 Å². The standard InChI is InChI=1S/C39H30FN3O4S/c1-24-35(37(44)42-28-14-4-3-5-15-28)36(26-13-10-16-29(21-26)46-2)43-38(45)34(48-39(43)41-24)22-31-30-17-8-6-11-25(30)19-20-33(31)47-23-27-12-7-9-18-32(27)40/h3-22,36H,23H2,1-2H3,(H,42,44)/b34-22+. The molecule has 5 aromatic carbocycles. The number of amides is 1. The van der Waals surface area contributed by atoms with Crippen molar-refractivity contribution in [3.8, 4) is 11.5 Å². The van der Waals surface area contributed by atoms with Crippen LogP contribution < -0.4 is 29.7 Å². The minimum Gasteiger partial charge on any atom is -0.497 e. The number of ether oxygens (including phenoxy) is 2. The van der Waals surface area contributed by atoms with Crippen molar-refractivity contribution in [2.24, 2.45) is 4.99 Å². The number of methoxy groups -OCH3 is 1. The van der Waals surface area contributed by atoms with E-state index in [1.54, 1.807) is 55.0 Å². The molecule has 0 spiro atoms. The minimum absolute atomic E-state index is 0.0159. The second kappa shape index (κ2) is 13.1. The normalized spacial score (nSPS) is 14.4. The van der Waals surface area contributed by atoms with E-state index < -0.39 is 6.04 Å². The fraction of sp³-hybridized carbons (Fsp3) is 0.103. The minimum atomic E-state index is -0.772. The predicted molar refractivity (Wildman–Crippen MR) is 187 cm³/mol. The van der Waals surface area contributed by atoms with Gasteiger partial charge in [-0.1, -0.05) is 90.2 Å². The quantitative estimate of drug-likeness (QED) is 0.197. The number of nitrogens with one attached hydrogen (secondary N) is 1. The van der Waals surface area contributed by atoms with Crippen LogP contribution in [0.3, 0.4) is 0 Å². The first-order valence-corrected chi connectivity index (χ1v) is 16.1. The van der Waals surface area contributed by atoms with Crippen LogP contribution in [0.1, 0.15) is 29.7 Å². The van der Waals surface area contributed by atoms with Crippen molar-refractivity contribution in [3.05, 3.63) is 169 Å². The molecule has 0 aliphatic carbocycles. The third-order valence-corrected chi connectivity index (χ3v) is 9.24. The molecule has 1 unspecified atom stereocenters. The van der Waals surface area contributed by atoms with Crippen molar-refractivity contribution in [2.45, 2.75) is 19.6 Å². The molecular weight excluding hydrogens is 626 g/mol. The van der Waals surface area contributed by atoms with E-state index in [9.17, 15) is 14.0 Å². The van der Waals surface area contributed by atoms with Crippen molar-refractivity contribution in [2.75, 3.05) is 12.4 Å². The number of fused-ring (bicyclic) bond motifs is 2. The van der Waals surface area contributed by atoms with E-state index in [1.807, 2.05) is 78.9 Å². The third kappa shape index (κ3) is 5.91. The Labute approximate surface area is 279 Å². The molecule has 238 valence electrons. The van der Waals surface area contributed by atoms with Gasteiger partial charge in [0.2, 0.25) is 0 Å². The highest BCUT2D eigenvalue weighted by Crippen LogP contribution is 2.33. The van der Waals surface area contributed by atoms with Gasteiger partial charge < -0.3 is 14.8 Å². The molecule has 0 radical (unpaired) electrons. The molecule has 9 heteroatoms. The van der Waals surface area contributed by atoms with E-state index in [0.717, 1.165) is 10.8 Å². The van der Waals surface area contributed by atoms with Gasteiger partial charge in [-0.25, -0.2) is 9.38 Å². The molecule has 1 aliphatic rings. The zero-order chi connectivity index (χ0) is 33.2. The SMILES string of the molecule is COc1cccc(C2C(C(=O)Nc3ccccc3)=C(C)N=c3s/c(=C/c4c(OCc5ccccc5F)ccc5ccccc45)c(=O)n32)c1. The van der Waals surface area contributed by atoms with Crippen molar-refractivity contribution >= 4 is 39.8 Å². The summed E-state index contributed by atoms with van der Waals surface area (Å²) in [6, 6.07) is 33.8. The largest absolute Gasteiger partial charge is 0.497 e. The van der Waals surface area contributed by atoms with Crippen LogP contribution >= 0.6 is 11.3 Å². The number of hydrogen-bond acceptors (Lipinski definition) is 6. The fourth-order valence-corrected chi connectivity index (χ4v) is 6.94. The lowest BCUT2D eigenvalue weighted by atomic mass is 9.95. The maximum Gasteiger partial charge on any atom is 0.271 e. The predicted octanol–water partition coefficient (Wildman–Crippen LogP) is 6.75. The summed E-state index contributed by atoms with van der Waals surface area (Å²) in [6.45, 7) is 1.80. The molecule has 0 saturated carbocycles. The maximum atomic E-state index is 14.5. The molecule has 2 heterocycles. The summed E-state index contributed by atoms with van der Waals surface area (Å²) in [5.41, 5.74) is 2.99. The second-order valence-corrected chi connectivity index (χ2v) is 12.3. The molecule has 0 fully saturated rings. The topological polar surface area (TPSA) is 81.9 Å². The van der Waals surface area contributed by atoms with Gasteiger partial charge in [0.1, 0.15) is 23.9 Å². The van der Waals surface area contributed by atoms with Gasteiger partial charge in [0.15, 0.2) is 4.80 Å². The number of benzene rings is 5. The molecule has 1 N–H and O–H groups in total.